The summed E-state index contributed by atoms with van der Waals surface area (Å²) >= 11 is 0. The standard InChI is InChI=1S/C32H50N6O7/c1-21(2)17-26-30(42)37-29(22(3)39)31(43)35-12-4-5-15-38(32(44)25-11-7-13-33-25)16-8-14-34-28(41)20-45-24-10-6-9-23(18-24)19-27(40)36-26/h6,9-10,18,21-22,25-26,29,33,39H,4-5,7-8,11-17,19-20H2,1-3H3,(H,34,41)(H,35,43)(H,36,40)(H,37,42)/t22-,25+,26-,29?/m1/s1. The summed E-state index contributed by atoms with van der Waals surface area (Å²) in [6.07, 6.45) is 2.64. The molecule has 1 unspecified atom stereocenters. The van der Waals surface area contributed by atoms with Crippen LogP contribution in [0.2, 0.25) is 0 Å². The minimum atomic E-state index is -1.20. The minimum absolute atomic E-state index is 0.0306. The van der Waals surface area contributed by atoms with Gasteiger partial charge in [-0.1, -0.05) is 26.0 Å². The van der Waals surface area contributed by atoms with Crippen LogP contribution in [0.5, 0.6) is 5.75 Å². The zero-order valence-corrected chi connectivity index (χ0v) is 26.7. The summed E-state index contributed by atoms with van der Waals surface area (Å²) < 4.78 is 5.65. The number of hydrogen-bond donors (Lipinski definition) is 6. The van der Waals surface area contributed by atoms with Crippen LogP contribution < -0.4 is 31.3 Å². The van der Waals surface area contributed by atoms with Crippen LogP contribution in [0.1, 0.15) is 64.9 Å². The molecule has 0 aliphatic carbocycles. The third-order valence-electron chi connectivity index (χ3n) is 7.81. The van der Waals surface area contributed by atoms with Crippen molar-refractivity contribution in [2.75, 3.05) is 39.3 Å². The predicted octanol–water partition coefficient (Wildman–Crippen LogP) is 0.00130. The molecule has 4 atom stereocenters. The number of nitrogens with one attached hydrogen (secondary N) is 5. The van der Waals surface area contributed by atoms with Crippen molar-refractivity contribution in [1.82, 2.24) is 31.5 Å². The number of fused-ring (bicyclic) bond motifs is 2. The highest BCUT2D eigenvalue weighted by Gasteiger charge is 2.30. The molecular formula is C32H50N6O7. The number of aliphatic hydroxyl groups is 1. The zero-order chi connectivity index (χ0) is 32.8. The average molecular weight is 631 g/mol. The number of rotatable bonds is 4. The van der Waals surface area contributed by atoms with Gasteiger partial charge < -0.3 is 41.3 Å². The summed E-state index contributed by atoms with van der Waals surface area (Å²) in [6.45, 7) is 7.51. The molecule has 0 aromatic heterocycles. The van der Waals surface area contributed by atoms with Gasteiger partial charge in [0.05, 0.1) is 18.6 Å². The lowest BCUT2D eigenvalue weighted by Gasteiger charge is -2.26. The molecule has 1 fully saturated rings. The molecule has 1 aromatic rings. The summed E-state index contributed by atoms with van der Waals surface area (Å²) in [6, 6.07) is 4.48. The first-order valence-corrected chi connectivity index (χ1v) is 16.1. The molecule has 5 amide bonds. The van der Waals surface area contributed by atoms with Gasteiger partial charge in [0.1, 0.15) is 17.8 Å². The Kier molecular flexibility index (Phi) is 14.5. The second-order valence-electron chi connectivity index (χ2n) is 12.3. The Labute approximate surface area is 265 Å². The van der Waals surface area contributed by atoms with Gasteiger partial charge in [-0.2, -0.15) is 0 Å². The van der Waals surface area contributed by atoms with Gasteiger partial charge in [-0.25, -0.2) is 0 Å². The molecule has 0 radical (unpaired) electrons. The van der Waals surface area contributed by atoms with Crippen molar-refractivity contribution >= 4 is 29.5 Å². The van der Waals surface area contributed by atoms with Crippen LogP contribution in [0.25, 0.3) is 0 Å². The monoisotopic (exact) mass is 630 g/mol. The number of ether oxygens (including phenoxy) is 1. The number of amides is 5. The van der Waals surface area contributed by atoms with E-state index in [4.69, 9.17) is 4.74 Å². The smallest absolute Gasteiger partial charge is 0.257 e. The van der Waals surface area contributed by atoms with Crippen molar-refractivity contribution in [2.45, 2.75) is 89.9 Å². The molecule has 2 bridgehead atoms. The molecule has 0 spiro atoms. The molecule has 1 saturated heterocycles. The Morgan fingerprint density at radius 1 is 0.933 bits per heavy atom. The normalized spacial score (nSPS) is 24.4. The van der Waals surface area contributed by atoms with Crippen LogP contribution in [0, 0.1) is 5.92 Å². The summed E-state index contributed by atoms with van der Waals surface area (Å²) in [5, 5.41) is 24.6. The van der Waals surface area contributed by atoms with Gasteiger partial charge in [-0.15, -0.1) is 0 Å². The molecule has 45 heavy (non-hydrogen) atoms. The fraction of sp³-hybridized carbons (Fsp3) is 0.656. The van der Waals surface area contributed by atoms with Gasteiger partial charge in [0.2, 0.25) is 23.6 Å². The van der Waals surface area contributed by atoms with E-state index in [9.17, 15) is 29.1 Å². The zero-order valence-electron chi connectivity index (χ0n) is 26.7. The number of carbonyl (C=O) groups is 5. The van der Waals surface area contributed by atoms with E-state index in [1.807, 2.05) is 13.8 Å². The molecule has 2 aliphatic rings. The van der Waals surface area contributed by atoms with Crippen molar-refractivity contribution in [1.29, 1.82) is 0 Å². The lowest BCUT2D eigenvalue weighted by Crippen LogP contribution is -2.57. The van der Waals surface area contributed by atoms with E-state index in [1.54, 1.807) is 29.2 Å². The maximum Gasteiger partial charge on any atom is 0.257 e. The van der Waals surface area contributed by atoms with E-state index in [-0.39, 0.29) is 36.8 Å². The van der Waals surface area contributed by atoms with Crippen LogP contribution in [0.15, 0.2) is 24.3 Å². The molecule has 2 aliphatic heterocycles. The second-order valence-corrected chi connectivity index (χ2v) is 12.3. The van der Waals surface area contributed by atoms with Crippen molar-refractivity contribution < 1.29 is 33.8 Å². The molecule has 13 nitrogen and oxygen atoms in total. The number of aliphatic hydroxyl groups excluding tert-OH is 1. The summed E-state index contributed by atoms with van der Waals surface area (Å²) in [4.78, 5) is 66.6. The van der Waals surface area contributed by atoms with E-state index in [0.29, 0.717) is 63.2 Å². The molecule has 2 heterocycles. The predicted molar refractivity (Wildman–Crippen MR) is 168 cm³/mol. The maximum atomic E-state index is 13.3. The number of benzene rings is 1. The third-order valence-corrected chi connectivity index (χ3v) is 7.81. The van der Waals surface area contributed by atoms with E-state index in [0.717, 1.165) is 19.4 Å². The highest BCUT2D eigenvalue weighted by atomic mass is 16.5. The molecule has 250 valence electrons. The van der Waals surface area contributed by atoms with E-state index in [2.05, 4.69) is 26.6 Å². The topological polar surface area (TPSA) is 178 Å². The van der Waals surface area contributed by atoms with Crippen LogP contribution in [-0.4, -0.2) is 103 Å². The van der Waals surface area contributed by atoms with E-state index in [1.165, 1.54) is 6.92 Å². The molecule has 0 saturated carbocycles. The van der Waals surface area contributed by atoms with Gasteiger partial charge in [0, 0.05) is 26.2 Å². The Balaban J connectivity index is 1.74. The van der Waals surface area contributed by atoms with Crippen molar-refractivity contribution in [3.63, 3.8) is 0 Å². The molecular weight excluding hydrogens is 580 g/mol. The van der Waals surface area contributed by atoms with Crippen LogP contribution in [0.3, 0.4) is 0 Å². The van der Waals surface area contributed by atoms with Crippen LogP contribution in [-0.2, 0) is 30.4 Å². The second kappa shape index (κ2) is 18.3. The highest BCUT2D eigenvalue weighted by molar-refractivity contribution is 5.92. The van der Waals surface area contributed by atoms with Gasteiger partial charge in [-0.3, -0.25) is 24.0 Å². The summed E-state index contributed by atoms with van der Waals surface area (Å²) in [7, 11) is 0. The lowest BCUT2D eigenvalue weighted by atomic mass is 10.0. The SMILES string of the molecule is CC(C)C[C@H]1NC(=O)Cc2cccc(c2)OCC(=O)NCCCN(C(=O)[C@@H]2CCCN2)CCCCNC(=O)C([C@@H](C)O)NC1=O. The Bertz CT molecular complexity index is 1150. The van der Waals surface area contributed by atoms with Gasteiger partial charge >= 0.3 is 0 Å². The Hall–Kier alpha value is -3.71. The lowest BCUT2D eigenvalue weighted by molar-refractivity contribution is -0.134. The quantitative estimate of drug-likeness (QED) is 0.269. The Morgan fingerprint density at radius 2 is 1.69 bits per heavy atom. The molecule has 13 heteroatoms. The van der Waals surface area contributed by atoms with Gasteiger partial charge in [0.15, 0.2) is 6.61 Å². The Morgan fingerprint density at radius 3 is 2.40 bits per heavy atom. The minimum Gasteiger partial charge on any atom is -0.484 e. The molecule has 1 aromatic carbocycles. The maximum absolute atomic E-state index is 13.3. The van der Waals surface area contributed by atoms with Crippen LogP contribution >= 0.6 is 0 Å². The largest absolute Gasteiger partial charge is 0.484 e. The van der Waals surface area contributed by atoms with Crippen LogP contribution in [0.4, 0.5) is 0 Å². The van der Waals surface area contributed by atoms with Gasteiger partial charge in [-0.05, 0) is 75.6 Å². The number of nitrogens with zero attached hydrogens (tertiary/aromatic N) is 1. The first-order chi connectivity index (χ1) is 21.5. The fourth-order valence-electron chi connectivity index (χ4n) is 5.43. The third kappa shape index (κ3) is 12.3. The number of hydrogen-bond acceptors (Lipinski definition) is 8. The number of carbonyl (C=O) groups excluding carboxylic acids is 5. The highest BCUT2D eigenvalue weighted by Crippen LogP contribution is 2.15. The summed E-state index contributed by atoms with van der Waals surface area (Å²) in [5.74, 6) is -1.26. The van der Waals surface area contributed by atoms with Crippen molar-refractivity contribution in [3.05, 3.63) is 29.8 Å². The van der Waals surface area contributed by atoms with E-state index < -0.39 is 35.9 Å². The van der Waals surface area contributed by atoms with E-state index >= 15 is 0 Å². The average Bonchev–Trinajstić information content (AvgIpc) is 3.53. The van der Waals surface area contributed by atoms with Crippen molar-refractivity contribution in [2.24, 2.45) is 5.92 Å². The first-order valence-electron chi connectivity index (χ1n) is 16.1. The molecule has 3 rings (SSSR count). The fourth-order valence-corrected chi connectivity index (χ4v) is 5.43. The first kappa shape index (κ1) is 35.8. The molecule has 6 N–H and O–H groups in total. The van der Waals surface area contributed by atoms with Gasteiger partial charge in [0.25, 0.3) is 5.91 Å². The van der Waals surface area contributed by atoms with Crippen molar-refractivity contribution in [3.8, 4) is 5.75 Å². The summed E-state index contributed by atoms with van der Waals surface area (Å²) in [5.41, 5.74) is 0.631.